The highest BCUT2D eigenvalue weighted by Gasteiger charge is 2.17. The van der Waals surface area contributed by atoms with Crippen LogP contribution in [0.25, 0.3) is 0 Å². The van der Waals surface area contributed by atoms with Crippen LogP contribution in [-0.4, -0.2) is 31.0 Å². The highest BCUT2D eigenvalue weighted by atomic mass is 32.2. The van der Waals surface area contributed by atoms with Gasteiger partial charge in [-0.25, -0.2) is 0 Å². The van der Waals surface area contributed by atoms with Gasteiger partial charge in [0.1, 0.15) is 0 Å². The largest absolute Gasteiger partial charge is 0.357 e. The quantitative estimate of drug-likeness (QED) is 0.552. The van der Waals surface area contributed by atoms with Crippen LogP contribution in [0.2, 0.25) is 0 Å². The van der Waals surface area contributed by atoms with Gasteiger partial charge in [-0.3, -0.25) is 14.2 Å². The first-order valence-electron chi connectivity index (χ1n) is 8.18. The number of aryl methyl sites for hydroxylation is 1. The summed E-state index contributed by atoms with van der Waals surface area (Å²) >= 11 is 4.48. The van der Waals surface area contributed by atoms with Gasteiger partial charge in [0, 0.05) is 24.5 Å². The Balaban J connectivity index is 1.65. The van der Waals surface area contributed by atoms with E-state index in [1.165, 1.54) is 16.7 Å². The van der Waals surface area contributed by atoms with E-state index in [0.29, 0.717) is 5.69 Å². The van der Waals surface area contributed by atoms with Crippen LogP contribution in [0.3, 0.4) is 0 Å². The van der Waals surface area contributed by atoms with Crippen LogP contribution in [-0.2, 0) is 29.7 Å². The van der Waals surface area contributed by atoms with E-state index in [4.69, 9.17) is 4.55 Å². The minimum Gasteiger partial charge on any atom is -0.298 e. The van der Waals surface area contributed by atoms with Crippen molar-refractivity contribution >= 4 is 28.6 Å². The van der Waals surface area contributed by atoms with Gasteiger partial charge in [0.2, 0.25) is 0 Å². The van der Waals surface area contributed by atoms with Crippen molar-refractivity contribution < 1.29 is 13.0 Å². The van der Waals surface area contributed by atoms with E-state index in [0.717, 1.165) is 42.9 Å². The molecule has 5 nitrogen and oxygen atoms in total. The summed E-state index contributed by atoms with van der Waals surface area (Å²) in [5.74, 6) is 0. The summed E-state index contributed by atoms with van der Waals surface area (Å²) in [5, 5.41) is 0. The van der Waals surface area contributed by atoms with E-state index in [1.807, 2.05) is 13.0 Å². The Morgan fingerprint density at radius 2 is 2.00 bits per heavy atom. The van der Waals surface area contributed by atoms with E-state index >= 15 is 0 Å². The molecule has 2 N–H and O–H groups in total. The van der Waals surface area contributed by atoms with Crippen LogP contribution in [0, 0.1) is 6.92 Å². The zero-order valence-corrected chi connectivity index (χ0v) is 15.8. The maximum absolute atomic E-state index is 11.0. The molecule has 134 valence electrons. The Hall–Kier alpha value is -1.54. The molecule has 0 bridgehead atoms. The Morgan fingerprint density at radius 3 is 2.72 bits per heavy atom. The van der Waals surface area contributed by atoms with Crippen molar-refractivity contribution in [1.82, 2.24) is 4.90 Å². The summed E-state index contributed by atoms with van der Waals surface area (Å²) in [7, 11) is -4.24. The molecule has 0 aromatic heterocycles. The van der Waals surface area contributed by atoms with Crippen molar-refractivity contribution in [2.75, 3.05) is 17.8 Å². The molecule has 0 radical (unpaired) electrons. The van der Waals surface area contributed by atoms with Gasteiger partial charge in [-0.2, -0.15) is 8.42 Å². The summed E-state index contributed by atoms with van der Waals surface area (Å²) in [4.78, 5) is 3.37. The summed E-state index contributed by atoms with van der Waals surface area (Å²) in [6.45, 7) is 4.74. The third kappa shape index (κ3) is 4.98. The fourth-order valence-corrected chi connectivity index (χ4v) is 3.78. The Bertz CT molecular complexity index is 882. The van der Waals surface area contributed by atoms with Gasteiger partial charge in [-0.1, -0.05) is 18.2 Å². The SMILES string of the molecule is Cc1ccc(CCN2CCc3ccc(NS(=O)(=O)O)cc3C2)cc1S. The molecule has 0 atom stereocenters. The van der Waals surface area contributed by atoms with Crippen molar-refractivity contribution in [3.8, 4) is 0 Å². The van der Waals surface area contributed by atoms with Gasteiger partial charge in [-0.15, -0.1) is 12.6 Å². The van der Waals surface area contributed by atoms with Crippen molar-refractivity contribution in [3.05, 3.63) is 58.7 Å². The lowest BCUT2D eigenvalue weighted by atomic mass is 9.98. The highest BCUT2D eigenvalue weighted by molar-refractivity contribution is 7.87. The van der Waals surface area contributed by atoms with Crippen LogP contribution in [0.1, 0.15) is 22.3 Å². The lowest BCUT2D eigenvalue weighted by Crippen LogP contribution is -2.32. The molecule has 25 heavy (non-hydrogen) atoms. The number of anilines is 1. The van der Waals surface area contributed by atoms with Crippen molar-refractivity contribution in [3.63, 3.8) is 0 Å². The molecule has 0 saturated carbocycles. The van der Waals surface area contributed by atoms with Crippen LogP contribution in [0.5, 0.6) is 0 Å². The molecule has 0 fully saturated rings. The number of thiol groups is 1. The second-order valence-corrected chi connectivity index (χ2v) is 8.09. The molecule has 0 spiro atoms. The van der Waals surface area contributed by atoms with Crippen molar-refractivity contribution in [2.24, 2.45) is 0 Å². The molecule has 2 aromatic carbocycles. The summed E-state index contributed by atoms with van der Waals surface area (Å²) in [6, 6.07) is 11.8. The van der Waals surface area contributed by atoms with E-state index in [9.17, 15) is 8.42 Å². The van der Waals surface area contributed by atoms with Crippen LogP contribution < -0.4 is 4.72 Å². The number of hydrogen-bond donors (Lipinski definition) is 3. The Morgan fingerprint density at radius 1 is 1.20 bits per heavy atom. The van der Waals surface area contributed by atoms with Gasteiger partial charge in [-0.05, 0) is 60.2 Å². The van der Waals surface area contributed by atoms with Gasteiger partial charge in [0.25, 0.3) is 0 Å². The molecular weight excluding hydrogens is 356 g/mol. The molecule has 7 heteroatoms. The fraction of sp³-hybridized carbons (Fsp3) is 0.333. The van der Waals surface area contributed by atoms with Crippen LogP contribution >= 0.6 is 12.6 Å². The molecule has 0 amide bonds. The molecule has 0 saturated heterocycles. The van der Waals surface area contributed by atoms with E-state index in [2.05, 4.69) is 40.4 Å². The third-order valence-corrected chi connectivity index (χ3v) is 5.51. The first kappa shape index (κ1) is 18.3. The van der Waals surface area contributed by atoms with Gasteiger partial charge in [0.15, 0.2) is 0 Å². The average molecular weight is 379 g/mol. The average Bonchev–Trinajstić information content (AvgIpc) is 2.54. The summed E-state index contributed by atoms with van der Waals surface area (Å²) in [6.07, 6.45) is 1.89. The second kappa shape index (κ2) is 7.37. The molecule has 0 aliphatic carbocycles. The van der Waals surface area contributed by atoms with Crippen LogP contribution in [0.15, 0.2) is 41.3 Å². The second-order valence-electron chi connectivity index (χ2n) is 6.46. The number of nitrogens with one attached hydrogen (secondary N) is 1. The normalized spacial score (nSPS) is 15.0. The van der Waals surface area contributed by atoms with Gasteiger partial charge >= 0.3 is 10.3 Å². The first-order valence-corrected chi connectivity index (χ1v) is 10.1. The minimum absolute atomic E-state index is 0.390. The van der Waals surface area contributed by atoms with Crippen molar-refractivity contribution in [1.29, 1.82) is 0 Å². The monoisotopic (exact) mass is 378 g/mol. The number of hydrogen-bond acceptors (Lipinski definition) is 4. The predicted molar refractivity (Wildman–Crippen MR) is 103 cm³/mol. The topological polar surface area (TPSA) is 69.6 Å². The number of benzene rings is 2. The molecule has 3 rings (SSSR count). The van der Waals surface area contributed by atoms with E-state index < -0.39 is 10.3 Å². The van der Waals surface area contributed by atoms with Crippen LogP contribution in [0.4, 0.5) is 5.69 Å². The molecule has 1 aliphatic heterocycles. The van der Waals surface area contributed by atoms with Crippen molar-refractivity contribution in [2.45, 2.75) is 31.2 Å². The molecular formula is C18H22N2O3S2. The van der Waals surface area contributed by atoms with Gasteiger partial charge < -0.3 is 0 Å². The maximum Gasteiger partial charge on any atom is 0.357 e. The lowest BCUT2D eigenvalue weighted by Gasteiger charge is -2.29. The highest BCUT2D eigenvalue weighted by Crippen LogP contribution is 2.23. The summed E-state index contributed by atoms with van der Waals surface area (Å²) in [5.41, 5.74) is 5.16. The Labute approximate surface area is 154 Å². The minimum atomic E-state index is -4.24. The number of rotatable bonds is 5. The standard InChI is InChI=1S/C18H22N2O3S2/c1-13-2-3-14(10-18(13)24)6-8-20-9-7-15-4-5-17(11-16(15)12-20)19-25(21,22)23/h2-5,10-11,19,24H,6-9,12H2,1H3,(H,21,22,23). The number of nitrogens with zero attached hydrogens (tertiary/aromatic N) is 1. The van der Waals surface area contributed by atoms with E-state index in [-0.39, 0.29) is 0 Å². The maximum atomic E-state index is 11.0. The zero-order chi connectivity index (χ0) is 18.0. The molecule has 0 unspecified atom stereocenters. The Kier molecular flexibility index (Phi) is 5.38. The molecule has 1 heterocycles. The summed E-state index contributed by atoms with van der Waals surface area (Å²) < 4.78 is 33.0. The smallest absolute Gasteiger partial charge is 0.298 e. The zero-order valence-electron chi connectivity index (χ0n) is 14.1. The lowest BCUT2D eigenvalue weighted by molar-refractivity contribution is 0.257. The first-order chi connectivity index (χ1) is 11.8. The van der Waals surface area contributed by atoms with E-state index in [1.54, 1.807) is 12.1 Å². The van der Waals surface area contributed by atoms with Gasteiger partial charge in [0.05, 0.1) is 5.69 Å². The predicted octanol–water partition coefficient (Wildman–Crippen LogP) is 3.10. The fourth-order valence-electron chi connectivity index (χ4n) is 3.12. The number of fused-ring (bicyclic) bond motifs is 1. The molecule has 1 aliphatic rings. The molecule has 2 aromatic rings. The third-order valence-electron chi connectivity index (χ3n) is 4.53.